The van der Waals surface area contributed by atoms with E-state index in [2.05, 4.69) is 0 Å². The van der Waals surface area contributed by atoms with Gasteiger partial charge in [-0.25, -0.2) is 0 Å². The average molecular weight is 315 g/mol. The van der Waals surface area contributed by atoms with Gasteiger partial charge in [0, 0.05) is 19.2 Å². The number of nitro groups is 1. The predicted octanol–water partition coefficient (Wildman–Crippen LogP) is -0.572. The second-order valence-electron chi connectivity index (χ2n) is 4.78. The molecule has 2 rings (SSSR count). The molecule has 0 bridgehead atoms. The quantitative estimate of drug-likeness (QED) is 0.486. The number of methoxy groups -OCH3 is 1. The van der Waals surface area contributed by atoms with Gasteiger partial charge in [-0.2, -0.15) is 0 Å². The zero-order valence-electron chi connectivity index (χ0n) is 11.7. The zero-order chi connectivity index (χ0) is 16.3. The lowest BCUT2D eigenvalue weighted by molar-refractivity contribution is -0.384. The molecule has 0 amide bonds. The molecule has 1 aliphatic heterocycles. The van der Waals surface area contributed by atoms with E-state index in [0.29, 0.717) is 0 Å². The van der Waals surface area contributed by atoms with Crippen molar-refractivity contribution in [3.63, 3.8) is 0 Å². The van der Waals surface area contributed by atoms with E-state index >= 15 is 0 Å². The molecular weight excluding hydrogens is 298 g/mol. The number of ether oxygens (including phenoxy) is 3. The van der Waals surface area contributed by atoms with E-state index in [-0.39, 0.29) is 11.4 Å². The van der Waals surface area contributed by atoms with Gasteiger partial charge in [0.2, 0.25) is 6.29 Å². The Labute approximate surface area is 125 Å². The molecule has 1 fully saturated rings. The van der Waals surface area contributed by atoms with Crippen LogP contribution >= 0.6 is 0 Å². The van der Waals surface area contributed by atoms with E-state index in [1.54, 1.807) is 0 Å². The fourth-order valence-corrected chi connectivity index (χ4v) is 2.21. The van der Waals surface area contributed by atoms with Gasteiger partial charge in [-0.05, 0) is 12.1 Å². The minimum atomic E-state index is -1.29. The van der Waals surface area contributed by atoms with Crippen LogP contribution in [0.5, 0.6) is 5.75 Å². The van der Waals surface area contributed by atoms with Crippen molar-refractivity contribution in [3.05, 3.63) is 34.4 Å². The van der Waals surface area contributed by atoms with Crippen molar-refractivity contribution < 1.29 is 34.5 Å². The van der Waals surface area contributed by atoms with Crippen molar-refractivity contribution in [2.24, 2.45) is 0 Å². The third-order valence-corrected chi connectivity index (χ3v) is 3.39. The van der Waals surface area contributed by atoms with Crippen LogP contribution in [0.15, 0.2) is 24.3 Å². The first-order valence-electron chi connectivity index (χ1n) is 6.54. The van der Waals surface area contributed by atoms with Crippen molar-refractivity contribution in [2.75, 3.05) is 13.7 Å². The Balaban J connectivity index is 2.11. The Morgan fingerprint density at radius 2 is 1.91 bits per heavy atom. The molecule has 1 aliphatic rings. The second kappa shape index (κ2) is 6.99. The van der Waals surface area contributed by atoms with Gasteiger partial charge in [-0.15, -0.1) is 0 Å². The number of hydrogen-bond donors (Lipinski definition) is 3. The van der Waals surface area contributed by atoms with E-state index in [1.807, 2.05) is 0 Å². The monoisotopic (exact) mass is 315 g/mol. The van der Waals surface area contributed by atoms with Crippen LogP contribution in [0, 0.1) is 10.1 Å². The topological polar surface area (TPSA) is 132 Å². The molecule has 9 heteroatoms. The Bertz CT molecular complexity index is 507. The molecule has 1 aromatic rings. The van der Waals surface area contributed by atoms with Crippen LogP contribution < -0.4 is 4.74 Å². The van der Waals surface area contributed by atoms with Gasteiger partial charge in [0.25, 0.3) is 5.69 Å². The molecule has 0 saturated carbocycles. The van der Waals surface area contributed by atoms with E-state index < -0.39 is 42.2 Å². The van der Waals surface area contributed by atoms with E-state index in [1.165, 1.54) is 31.4 Å². The number of non-ortho nitro benzene ring substituents is 1. The number of nitrogens with zero attached hydrogens (tertiary/aromatic N) is 1. The molecule has 0 radical (unpaired) electrons. The largest absolute Gasteiger partial charge is 0.462 e. The maximum absolute atomic E-state index is 10.6. The van der Waals surface area contributed by atoms with E-state index in [9.17, 15) is 25.4 Å². The van der Waals surface area contributed by atoms with Gasteiger partial charge in [0.15, 0.2) is 0 Å². The Kier molecular flexibility index (Phi) is 5.27. The second-order valence-corrected chi connectivity index (χ2v) is 4.78. The van der Waals surface area contributed by atoms with Gasteiger partial charge in [-0.1, -0.05) is 0 Å². The van der Waals surface area contributed by atoms with Crippen molar-refractivity contribution in [1.29, 1.82) is 0 Å². The van der Waals surface area contributed by atoms with Gasteiger partial charge < -0.3 is 29.5 Å². The molecule has 0 aromatic heterocycles. The molecule has 3 N–H and O–H groups in total. The Morgan fingerprint density at radius 3 is 2.41 bits per heavy atom. The summed E-state index contributed by atoms with van der Waals surface area (Å²) in [6.45, 7) is -0.478. The summed E-state index contributed by atoms with van der Waals surface area (Å²) < 4.78 is 15.7. The third-order valence-electron chi connectivity index (χ3n) is 3.39. The fourth-order valence-electron chi connectivity index (χ4n) is 2.21. The van der Waals surface area contributed by atoms with Crippen molar-refractivity contribution in [2.45, 2.75) is 30.7 Å². The van der Waals surface area contributed by atoms with Crippen molar-refractivity contribution in [1.82, 2.24) is 0 Å². The first-order chi connectivity index (χ1) is 10.5. The Morgan fingerprint density at radius 1 is 1.27 bits per heavy atom. The molecular formula is C13H17NO8. The number of aliphatic hydroxyl groups is 3. The fraction of sp³-hybridized carbons (Fsp3) is 0.538. The number of nitro benzene ring substituents is 1. The maximum atomic E-state index is 10.6. The van der Waals surface area contributed by atoms with Crippen LogP contribution in [-0.4, -0.2) is 64.7 Å². The molecule has 0 aliphatic carbocycles. The number of hydrogen-bond acceptors (Lipinski definition) is 8. The summed E-state index contributed by atoms with van der Waals surface area (Å²) in [4.78, 5) is 10.0. The van der Waals surface area contributed by atoms with Crippen LogP contribution in [-0.2, 0) is 9.47 Å². The molecule has 1 aromatic carbocycles. The summed E-state index contributed by atoms with van der Waals surface area (Å²) in [5.41, 5.74) is -0.101. The van der Waals surface area contributed by atoms with Crippen molar-refractivity contribution >= 4 is 5.69 Å². The van der Waals surface area contributed by atoms with Crippen molar-refractivity contribution in [3.8, 4) is 5.75 Å². The first kappa shape index (κ1) is 16.6. The van der Waals surface area contributed by atoms with Crippen LogP contribution in [0.1, 0.15) is 0 Å². The van der Waals surface area contributed by atoms with Gasteiger partial charge in [0.05, 0.1) is 11.5 Å². The standard InChI is InChI=1S/C13H17NO8/c1-20-12-10(16)9(6-15)22-13(11(12)17)21-8-4-2-7(3-5-8)14(18)19/h2-5,9-13,15-17H,6H2,1H3/t9-,10+,11-,12+,13-/m1/s1. The third kappa shape index (κ3) is 3.34. The molecule has 0 unspecified atom stereocenters. The molecule has 1 saturated heterocycles. The molecule has 5 atom stereocenters. The summed E-state index contributed by atoms with van der Waals surface area (Å²) in [5, 5.41) is 39.7. The summed E-state index contributed by atoms with van der Waals surface area (Å²) in [6.07, 6.45) is -5.66. The molecule has 22 heavy (non-hydrogen) atoms. The predicted molar refractivity (Wildman–Crippen MR) is 72.3 cm³/mol. The van der Waals surface area contributed by atoms with E-state index in [0.717, 1.165) is 0 Å². The highest BCUT2D eigenvalue weighted by Crippen LogP contribution is 2.26. The van der Waals surface area contributed by atoms with Gasteiger partial charge in [0.1, 0.15) is 30.2 Å². The average Bonchev–Trinajstić information content (AvgIpc) is 2.51. The number of aliphatic hydroxyl groups excluding tert-OH is 3. The molecule has 0 spiro atoms. The summed E-state index contributed by atoms with van der Waals surface area (Å²) in [7, 11) is 1.31. The van der Waals surface area contributed by atoms with Crippen LogP contribution in [0.2, 0.25) is 0 Å². The lowest BCUT2D eigenvalue weighted by Gasteiger charge is -2.41. The highest BCUT2D eigenvalue weighted by molar-refractivity contribution is 5.36. The zero-order valence-corrected chi connectivity index (χ0v) is 11.7. The lowest BCUT2D eigenvalue weighted by atomic mass is 9.99. The van der Waals surface area contributed by atoms with Gasteiger partial charge in [-0.3, -0.25) is 10.1 Å². The first-order valence-corrected chi connectivity index (χ1v) is 6.54. The number of benzene rings is 1. The Hall–Kier alpha value is -1.78. The highest BCUT2D eigenvalue weighted by Gasteiger charge is 2.45. The number of rotatable bonds is 5. The smallest absolute Gasteiger partial charge is 0.269 e. The maximum Gasteiger partial charge on any atom is 0.269 e. The van der Waals surface area contributed by atoms with Crippen LogP contribution in [0.25, 0.3) is 0 Å². The normalized spacial score (nSPS) is 31.7. The molecule has 9 nitrogen and oxygen atoms in total. The summed E-state index contributed by atoms with van der Waals surface area (Å²) in [5.74, 6) is 0.234. The highest BCUT2D eigenvalue weighted by atomic mass is 16.7. The summed E-state index contributed by atoms with van der Waals surface area (Å²) in [6, 6.07) is 5.21. The van der Waals surface area contributed by atoms with E-state index in [4.69, 9.17) is 14.2 Å². The minimum absolute atomic E-state index is 0.101. The molecule has 122 valence electrons. The lowest BCUT2D eigenvalue weighted by Crippen LogP contribution is -2.60. The molecule has 1 heterocycles. The van der Waals surface area contributed by atoms with Crippen LogP contribution in [0.4, 0.5) is 5.69 Å². The minimum Gasteiger partial charge on any atom is -0.462 e. The summed E-state index contributed by atoms with van der Waals surface area (Å²) >= 11 is 0. The SMILES string of the molecule is CO[C@H]1[C@@H](O)[C@@H](CO)O[C@@H](Oc2ccc([N+](=O)[O-])cc2)[C@@H]1O. The van der Waals surface area contributed by atoms with Crippen LogP contribution in [0.3, 0.4) is 0 Å². The van der Waals surface area contributed by atoms with Gasteiger partial charge >= 0.3 is 0 Å².